The highest BCUT2D eigenvalue weighted by Crippen LogP contribution is 2.30. The molecule has 1 aromatic carbocycles. The van der Waals surface area contributed by atoms with E-state index in [0.717, 1.165) is 11.1 Å². The molecule has 0 saturated heterocycles. The Morgan fingerprint density at radius 2 is 2.00 bits per heavy atom. The topological polar surface area (TPSA) is 0 Å². The summed E-state index contributed by atoms with van der Waals surface area (Å²) in [5.41, 5.74) is 1.53. The first-order valence-corrected chi connectivity index (χ1v) is 4.68. The smallest absolute Gasteiger partial charge is 0.0985 e. The minimum atomic E-state index is -0.436. The Hall–Kier alpha value is -0.560. The molecule has 0 atom stereocenters. The van der Waals surface area contributed by atoms with E-state index in [1.165, 1.54) is 0 Å². The van der Waals surface area contributed by atoms with Crippen molar-refractivity contribution in [1.82, 2.24) is 0 Å². The standard InChI is InChI=1S/C11H14ClF/c1-8-9(11(2,3)7-13)5-4-6-10(8)12/h4-6H,7H2,1-3H3. The van der Waals surface area contributed by atoms with Crippen molar-refractivity contribution in [2.45, 2.75) is 26.2 Å². The van der Waals surface area contributed by atoms with E-state index in [1.54, 1.807) is 0 Å². The minimum absolute atomic E-state index is 0.367. The average molecular weight is 201 g/mol. The lowest BCUT2D eigenvalue weighted by Crippen LogP contribution is -2.20. The van der Waals surface area contributed by atoms with Crippen LogP contribution in [0.25, 0.3) is 0 Å². The van der Waals surface area contributed by atoms with Gasteiger partial charge in [0.05, 0.1) is 6.67 Å². The van der Waals surface area contributed by atoms with Crippen LogP contribution in [-0.2, 0) is 5.41 Å². The molecule has 0 aliphatic carbocycles. The van der Waals surface area contributed by atoms with Gasteiger partial charge in [0.2, 0.25) is 0 Å². The third-order valence-electron chi connectivity index (χ3n) is 2.33. The molecule has 0 fully saturated rings. The SMILES string of the molecule is Cc1c(Cl)cccc1C(C)(C)CF. The van der Waals surface area contributed by atoms with Crippen LogP contribution in [-0.4, -0.2) is 6.67 Å². The highest BCUT2D eigenvalue weighted by atomic mass is 35.5. The molecule has 72 valence electrons. The van der Waals surface area contributed by atoms with Crippen LogP contribution in [0.1, 0.15) is 25.0 Å². The van der Waals surface area contributed by atoms with Crippen molar-refractivity contribution in [3.05, 3.63) is 34.3 Å². The molecule has 0 heterocycles. The first kappa shape index (κ1) is 10.5. The Labute approximate surface area is 83.7 Å². The molecule has 1 aromatic rings. The van der Waals surface area contributed by atoms with Crippen LogP contribution >= 0.6 is 11.6 Å². The molecule has 0 saturated carbocycles. The van der Waals surface area contributed by atoms with Gasteiger partial charge in [-0.3, -0.25) is 4.39 Å². The second-order valence-electron chi connectivity index (χ2n) is 3.93. The quantitative estimate of drug-likeness (QED) is 0.680. The largest absolute Gasteiger partial charge is 0.250 e. The number of hydrogen-bond acceptors (Lipinski definition) is 0. The van der Waals surface area contributed by atoms with E-state index in [9.17, 15) is 4.39 Å². The van der Waals surface area contributed by atoms with Gasteiger partial charge in [-0.25, -0.2) is 0 Å². The summed E-state index contributed by atoms with van der Waals surface area (Å²) in [7, 11) is 0. The van der Waals surface area contributed by atoms with Gasteiger partial charge in [-0.05, 0) is 24.1 Å². The van der Waals surface area contributed by atoms with Crippen LogP contribution in [0, 0.1) is 6.92 Å². The number of alkyl halides is 1. The van der Waals surface area contributed by atoms with Gasteiger partial charge in [0.1, 0.15) is 0 Å². The normalized spacial score (nSPS) is 11.8. The number of halogens is 2. The Balaban J connectivity index is 3.22. The van der Waals surface area contributed by atoms with E-state index in [1.807, 2.05) is 39.0 Å². The molecule has 0 aliphatic heterocycles. The third-order valence-corrected chi connectivity index (χ3v) is 2.74. The van der Waals surface area contributed by atoms with Crippen LogP contribution in [0.4, 0.5) is 4.39 Å². The number of hydrogen-bond donors (Lipinski definition) is 0. The fourth-order valence-corrected chi connectivity index (χ4v) is 1.59. The molecule has 0 nitrogen and oxygen atoms in total. The predicted octanol–water partition coefficient (Wildman–Crippen LogP) is 3.90. The maximum atomic E-state index is 12.7. The van der Waals surface area contributed by atoms with Crippen molar-refractivity contribution >= 4 is 11.6 Å². The average Bonchev–Trinajstić information content (AvgIpc) is 2.09. The second kappa shape index (κ2) is 3.67. The molecule has 0 unspecified atom stereocenters. The van der Waals surface area contributed by atoms with Crippen molar-refractivity contribution in [2.24, 2.45) is 0 Å². The lowest BCUT2D eigenvalue weighted by Gasteiger charge is -2.23. The molecular formula is C11H14ClF. The summed E-state index contributed by atoms with van der Waals surface area (Å²) < 4.78 is 12.7. The zero-order valence-electron chi connectivity index (χ0n) is 8.20. The lowest BCUT2D eigenvalue weighted by atomic mass is 9.83. The van der Waals surface area contributed by atoms with Gasteiger partial charge >= 0.3 is 0 Å². The van der Waals surface area contributed by atoms with Crippen molar-refractivity contribution < 1.29 is 4.39 Å². The van der Waals surface area contributed by atoms with Crippen molar-refractivity contribution in [2.75, 3.05) is 6.67 Å². The molecule has 0 aromatic heterocycles. The van der Waals surface area contributed by atoms with Gasteiger partial charge in [-0.15, -0.1) is 0 Å². The maximum absolute atomic E-state index is 12.7. The number of benzene rings is 1. The van der Waals surface area contributed by atoms with Gasteiger partial charge < -0.3 is 0 Å². The Morgan fingerprint density at radius 1 is 1.38 bits per heavy atom. The Bertz CT molecular complexity index is 305. The van der Waals surface area contributed by atoms with Gasteiger partial charge in [0.15, 0.2) is 0 Å². The van der Waals surface area contributed by atoms with Crippen LogP contribution in [0.2, 0.25) is 5.02 Å². The molecule has 0 aliphatic rings. The summed E-state index contributed by atoms with van der Waals surface area (Å²) >= 11 is 5.95. The summed E-state index contributed by atoms with van der Waals surface area (Å²) in [4.78, 5) is 0. The fraction of sp³-hybridized carbons (Fsp3) is 0.455. The molecule has 0 bridgehead atoms. The monoisotopic (exact) mass is 200 g/mol. The van der Waals surface area contributed by atoms with E-state index in [4.69, 9.17) is 11.6 Å². The van der Waals surface area contributed by atoms with Crippen LogP contribution in [0.15, 0.2) is 18.2 Å². The van der Waals surface area contributed by atoms with Gasteiger partial charge in [0, 0.05) is 10.4 Å². The molecular weight excluding hydrogens is 187 g/mol. The highest BCUT2D eigenvalue weighted by molar-refractivity contribution is 6.31. The van der Waals surface area contributed by atoms with Crippen molar-refractivity contribution in [3.63, 3.8) is 0 Å². The predicted molar refractivity (Wildman–Crippen MR) is 55.2 cm³/mol. The molecule has 0 N–H and O–H groups in total. The minimum Gasteiger partial charge on any atom is -0.250 e. The molecule has 0 amide bonds. The molecule has 2 heteroatoms. The molecule has 13 heavy (non-hydrogen) atoms. The van der Waals surface area contributed by atoms with E-state index in [0.29, 0.717) is 5.02 Å². The Morgan fingerprint density at radius 3 is 2.54 bits per heavy atom. The Kier molecular flexibility index (Phi) is 2.97. The first-order chi connectivity index (χ1) is 5.99. The maximum Gasteiger partial charge on any atom is 0.0985 e. The summed E-state index contributed by atoms with van der Waals surface area (Å²) in [5.74, 6) is 0. The van der Waals surface area contributed by atoms with E-state index >= 15 is 0 Å². The fourth-order valence-electron chi connectivity index (χ4n) is 1.41. The summed E-state index contributed by atoms with van der Waals surface area (Å²) in [6.07, 6.45) is 0. The first-order valence-electron chi connectivity index (χ1n) is 4.30. The van der Waals surface area contributed by atoms with Crippen LogP contribution in [0.3, 0.4) is 0 Å². The van der Waals surface area contributed by atoms with E-state index < -0.39 is 5.41 Å². The summed E-state index contributed by atoms with van der Waals surface area (Å²) in [5, 5.41) is 0.707. The van der Waals surface area contributed by atoms with Crippen LogP contribution in [0.5, 0.6) is 0 Å². The lowest BCUT2D eigenvalue weighted by molar-refractivity contribution is 0.350. The summed E-state index contributed by atoms with van der Waals surface area (Å²) in [6, 6.07) is 5.62. The van der Waals surface area contributed by atoms with Crippen LogP contribution < -0.4 is 0 Å². The van der Waals surface area contributed by atoms with Gasteiger partial charge in [-0.2, -0.15) is 0 Å². The zero-order valence-corrected chi connectivity index (χ0v) is 8.95. The molecule has 0 radical (unpaired) electrons. The molecule has 0 spiro atoms. The van der Waals surface area contributed by atoms with E-state index in [2.05, 4.69) is 0 Å². The third kappa shape index (κ3) is 2.02. The van der Waals surface area contributed by atoms with Gasteiger partial charge in [-0.1, -0.05) is 37.6 Å². The van der Waals surface area contributed by atoms with Gasteiger partial charge in [0.25, 0.3) is 0 Å². The van der Waals surface area contributed by atoms with E-state index in [-0.39, 0.29) is 6.67 Å². The van der Waals surface area contributed by atoms with Crippen molar-refractivity contribution in [1.29, 1.82) is 0 Å². The highest BCUT2D eigenvalue weighted by Gasteiger charge is 2.22. The zero-order chi connectivity index (χ0) is 10.1. The van der Waals surface area contributed by atoms with Crippen molar-refractivity contribution in [3.8, 4) is 0 Å². The molecule has 1 rings (SSSR count). The summed E-state index contributed by atoms with van der Waals surface area (Å²) in [6.45, 7) is 5.32. The number of rotatable bonds is 2. The second-order valence-corrected chi connectivity index (χ2v) is 4.34.